The molecular weight excluding hydrogens is 392 g/mol. The summed E-state index contributed by atoms with van der Waals surface area (Å²) in [6, 6.07) is 12.6. The molecule has 1 fully saturated rings. The van der Waals surface area contributed by atoms with Crippen molar-refractivity contribution in [2.45, 2.75) is 44.6 Å². The monoisotopic (exact) mass is 420 g/mol. The van der Waals surface area contributed by atoms with Crippen molar-refractivity contribution >= 4 is 23.7 Å². The minimum Gasteiger partial charge on any atom is -0.493 e. The largest absolute Gasteiger partial charge is 0.493 e. The fraction of sp³-hybridized carbons (Fsp3) is 0.400. The number of benzene rings is 2. The van der Waals surface area contributed by atoms with Crippen LogP contribution in [0.25, 0.3) is 0 Å². The molecular formula is C25H28N2O4. The molecule has 2 aromatic carbocycles. The number of hydrogen-bond donors (Lipinski definition) is 0. The molecule has 1 aliphatic carbocycles. The molecule has 0 radical (unpaired) electrons. The van der Waals surface area contributed by atoms with Crippen LogP contribution < -0.4 is 14.4 Å². The Kier molecular flexibility index (Phi) is 6.07. The highest BCUT2D eigenvalue weighted by Gasteiger charge is 2.39. The molecule has 3 atom stereocenters. The number of rotatable bonds is 5. The van der Waals surface area contributed by atoms with E-state index in [-0.39, 0.29) is 17.9 Å². The van der Waals surface area contributed by atoms with Gasteiger partial charge in [0.05, 0.1) is 31.9 Å². The lowest BCUT2D eigenvalue weighted by molar-refractivity contribution is -0.118. The van der Waals surface area contributed by atoms with Gasteiger partial charge in [0.2, 0.25) is 5.91 Å². The third-order valence-electron chi connectivity index (χ3n) is 6.33. The van der Waals surface area contributed by atoms with Crippen LogP contribution in [0.5, 0.6) is 11.5 Å². The quantitative estimate of drug-likeness (QED) is 0.523. The van der Waals surface area contributed by atoms with E-state index >= 15 is 0 Å². The lowest BCUT2D eigenvalue weighted by Crippen LogP contribution is -2.45. The number of amides is 2. The molecule has 0 saturated heterocycles. The first-order chi connectivity index (χ1) is 15.0. The zero-order valence-corrected chi connectivity index (χ0v) is 18.2. The van der Waals surface area contributed by atoms with Gasteiger partial charge in [-0.3, -0.25) is 14.6 Å². The Morgan fingerprint density at radius 3 is 2.48 bits per heavy atom. The van der Waals surface area contributed by atoms with Crippen molar-refractivity contribution in [3.8, 4) is 11.5 Å². The van der Waals surface area contributed by atoms with E-state index in [9.17, 15) is 9.59 Å². The van der Waals surface area contributed by atoms with E-state index in [2.05, 4.69) is 6.92 Å². The molecule has 6 nitrogen and oxygen atoms in total. The Labute approximate surface area is 182 Å². The lowest BCUT2D eigenvalue weighted by Gasteiger charge is -2.32. The summed E-state index contributed by atoms with van der Waals surface area (Å²) in [5.74, 6) is 0.249. The molecule has 0 bridgehead atoms. The lowest BCUT2D eigenvalue weighted by atomic mass is 9.85. The third-order valence-corrected chi connectivity index (χ3v) is 6.33. The number of hydrogen-bond acceptors (Lipinski definition) is 5. The SMILES string of the molecule is COc1ccc(N2C(=O)c3ccccc3C(C=N[C@@H]3CCCC[C@H]3C)C2=O)cc1OC. The van der Waals surface area contributed by atoms with Gasteiger partial charge in [0.15, 0.2) is 11.5 Å². The Bertz CT molecular complexity index is 1020. The summed E-state index contributed by atoms with van der Waals surface area (Å²) in [6.07, 6.45) is 6.36. The van der Waals surface area contributed by atoms with E-state index in [0.717, 1.165) is 19.3 Å². The summed E-state index contributed by atoms with van der Waals surface area (Å²) in [6.45, 7) is 2.22. The molecule has 1 aliphatic heterocycles. The Morgan fingerprint density at radius 2 is 1.74 bits per heavy atom. The number of carbonyl (C=O) groups excluding carboxylic acids is 2. The molecule has 1 unspecified atom stereocenters. The maximum Gasteiger partial charge on any atom is 0.265 e. The topological polar surface area (TPSA) is 68.2 Å². The van der Waals surface area contributed by atoms with Gasteiger partial charge in [-0.05, 0) is 42.5 Å². The van der Waals surface area contributed by atoms with Crippen molar-refractivity contribution in [2.75, 3.05) is 19.1 Å². The minimum atomic E-state index is -0.601. The minimum absolute atomic E-state index is 0.223. The van der Waals surface area contributed by atoms with E-state index in [0.29, 0.717) is 34.2 Å². The molecule has 1 heterocycles. The standard InChI is InChI=1S/C25H28N2O4/c1-16-8-4-7-11-21(16)26-15-20-18-9-5-6-10-19(18)24(28)27(25(20)29)17-12-13-22(30-2)23(14-17)31-3/h5-6,9-10,12-16,20-21H,4,7-8,11H2,1-3H3/t16-,20?,21-/m1/s1. The number of aliphatic imine (C=N–C) groups is 1. The number of nitrogens with zero attached hydrogens (tertiary/aromatic N) is 2. The van der Waals surface area contributed by atoms with Crippen LogP contribution >= 0.6 is 0 Å². The molecule has 2 amide bonds. The van der Waals surface area contributed by atoms with E-state index in [1.54, 1.807) is 37.6 Å². The Hall–Kier alpha value is -3.15. The second kappa shape index (κ2) is 8.92. The van der Waals surface area contributed by atoms with Crippen molar-refractivity contribution < 1.29 is 19.1 Å². The average molecular weight is 421 g/mol. The van der Waals surface area contributed by atoms with Crippen LogP contribution in [0.1, 0.15) is 54.4 Å². The molecule has 0 aromatic heterocycles. The van der Waals surface area contributed by atoms with Crippen molar-refractivity contribution in [2.24, 2.45) is 10.9 Å². The number of fused-ring (bicyclic) bond motifs is 1. The van der Waals surface area contributed by atoms with Gasteiger partial charge >= 0.3 is 0 Å². The molecule has 0 N–H and O–H groups in total. The molecule has 6 heteroatoms. The van der Waals surface area contributed by atoms with E-state index < -0.39 is 5.92 Å². The van der Waals surface area contributed by atoms with Gasteiger partial charge in [-0.15, -0.1) is 0 Å². The molecule has 0 spiro atoms. The van der Waals surface area contributed by atoms with Crippen molar-refractivity contribution in [1.82, 2.24) is 0 Å². The van der Waals surface area contributed by atoms with E-state index in [1.165, 1.54) is 18.4 Å². The van der Waals surface area contributed by atoms with Gasteiger partial charge in [-0.2, -0.15) is 0 Å². The van der Waals surface area contributed by atoms with Crippen LogP contribution in [0.2, 0.25) is 0 Å². The number of carbonyl (C=O) groups is 2. The summed E-state index contributed by atoms with van der Waals surface area (Å²) < 4.78 is 10.7. The molecule has 31 heavy (non-hydrogen) atoms. The third kappa shape index (κ3) is 3.94. The van der Waals surface area contributed by atoms with E-state index in [1.807, 2.05) is 18.2 Å². The highest BCUT2D eigenvalue weighted by molar-refractivity contribution is 6.29. The van der Waals surface area contributed by atoms with Crippen LogP contribution in [0.3, 0.4) is 0 Å². The summed E-state index contributed by atoms with van der Waals surface area (Å²) in [7, 11) is 3.07. The zero-order chi connectivity index (χ0) is 22.0. The predicted molar refractivity (Wildman–Crippen MR) is 120 cm³/mol. The smallest absolute Gasteiger partial charge is 0.265 e. The van der Waals surface area contributed by atoms with Crippen LogP contribution in [-0.2, 0) is 4.79 Å². The van der Waals surface area contributed by atoms with Crippen molar-refractivity contribution in [3.63, 3.8) is 0 Å². The highest BCUT2D eigenvalue weighted by Crippen LogP contribution is 2.37. The molecule has 2 aromatic rings. The number of imide groups is 1. The zero-order valence-electron chi connectivity index (χ0n) is 18.2. The van der Waals surface area contributed by atoms with Crippen molar-refractivity contribution in [1.29, 1.82) is 0 Å². The second-order valence-corrected chi connectivity index (χ2v) is 8.21. The maximum atomic E-state index is 13.5. The fourth-order valence-electron chi connectivity index (χ4n) is 4.52. The average Bonchev–Trinajstić information content (AvgIpc) is 2.80. The Balaban J connectivity index is 1.73. The van der Waals surface area contributed by atoms with Gasteiger partial charge in [0.1, 0.15) is 0 Å². The summed E-state index contributed by atoms with van der Waals surface area (Å²) in [5, 5.41) is 0. The first-order valence-electron chi connectivity index (χ1n) is 10.8. The fourth-order valence-corrected chi connectivity index (χ4v) is 4.52. The van der Waals surface area contributed by atoms with Gasteiger partial charge in [-0.1, -0.05) is 38.0 Å². The molecule has 4 rings (SSSR count). The molecule has 162 valence electrons. The summed E-state index contributed by atoms with van der Waals surface area (Å²) in [5.41, 5.74) is 1.68. The van der Waals surface area contributed by atoms with Gasteiger partial charge in [0.25, 0.3) is 5.91 Å². The summed E-state index contributed by atoms with van der Waals surface area (Å²) in [4.78, 5) is 32.9. The number of anilines is 1. The first-order valence-corrected chi connectivity index (χ1v) is 10.8. The highest BCUT2D eigenvalue weighted by atomic mass is 16.5. The van der Waals surface area contributed by atoms with Gasteiger partial charge in [-0.25, -0.2) is 4.90 Å². The molecule has 2 aliphatic rings. The first kappa shape index (κ1) is 21.1. The molecule has 1 saturated carbocycles. The van der Waals surface area contributed by atoms with Crippen LogP contribution in [0, 0.1) is 5.92 Å². The number of ether oxygens (including phenoxy) is 2. The van der Waals surface area contributed by atoms with Crippen molar-refractivity contribution in [3.05, 3.63) is 53.6 Å². The maximum absolute atomic E-state index is 13.5. The predicted octanol–water partition coefficient (Wildman–Crippen LogP) is 4.62. The second-order valence-electron chi connectivity index (χ2n) is 8.21. The normalized spacial score (nSPS) is 23.7. The number of methoxy groups -OCH3 is 2. The van der Waals surface area contributed by atoms with Gasteiger partial charge < -0.3 is 9.47 Å². The van der Waals surface area contributed by atoms with E-state index in [4.69, 9.17) is 14.5 Å². The van der Waals surface area contributed by atoms with Gasteiger partial charge in [0, 0.05) is 17.8 Å². The van der Waals surface area contributed by atoms with Crippen LogP contribution in [0.4, 0.5) is 5.69 Å². The van der Waals surface area contributed by atoms with Crippen LogP contribution in [0.15, 0.2) is 47.5 Å². The summed E-state index contributed by atoms with van der Waals surface area (Å²) >= 11 is 0. The van der Waals surface area contributed by atoms with Crippen LogP contribution in [-0.4, -0.2) is 38.3 Å². The Morgan fingerprint density at radius 1 is 1.00 bits per heavy atom.